The second-order valence-corrected chi connectivity index (χ2v) is 4.56. The van der Waals surface area contributed by atoms with Crippen LogP contribution in [0.2, 0.25) is 10.0 Å². The average Bonchev–Trinajstić information content (AvgIpc) is 2.59. The zero-order valence-electron chi connectivity index (χ0n) is 9.54. The molecule has 0 amide bonds. The maximum atomic E-state index is 6.01. The first-order valence-electron chi connectivity index (χ1n) is 5.10. The molecule has 90 valence electrons. The molecule has 0 spiro atoms. The Morgan fingerprint density at radius 2 is 2.12 bits per heavy atom. The summed E-state index contributed by atoms with van der Waals surface area (Å²) in [6.45, 7) is 2.65. The van der Waals surface area contributed by atoms with Crippen LogP contribution < -0.4 is 5.32 Å². The highest BCUT2D eigenvalue weighted by Gasteiger charge is 2.06. The van der Waals surface area contributed by atoms with Crippen molar-refractivity contribution in [1.29, 1.82) is 0 Å². The van der Waals surface area contributed by atoms with Gasteiger partial charge in [0.1, 0.15) is 5.82 Å². The van der Waals surface area contributed by atoms with Crippen molar-refractivity contribution >= 4 is 29.0 Å². The predicted molar refractivity (Wildman–Crippen MR) is 69.5 cm³/mol. The minimum atomic E-state index is 0.513. The molecule has 2 aromatic rings. The van der Waals surface area contributed by atoms with E-state index in [1.807, 2.05) is 24.9 Å². The molecule has 0 fully saturated rings. The van der Waals surface area contributed by atoms with E-state index in [-0.39, 0.29) is 0 Å². The highest BCUT2D eigenvalue weighted by atomic mass is 35.5. The van der Waals surface area contributed by atoms with Crippen LogP contribution in [0.1, 0.15) is 11.3 Å². The molecule has 0 atom stereocenters. The smallest absolute Gasteiger partial charge is 0.145 e. The van der Waals surface area contributed by atoms with Gasteiger partial charge < -0.3 is 5.32 Å². The Kier molecular flexibility index (Phi) is 3.54. The van der Waals surface area contributed by atoms with Gasteiger partial charge in [-0.2, -0.15) is 5.10 Å². The highest BCUT2D eigenvalue weighted by Crippen LogP contribution is 2.23. The summed E-state index contributed by atoms with van der Waals surface area (Å²) in [5.74, 6) is 0.624. The van der Waals surface area contributed by atoms with Crippen LogP contribution in [0.5, 0.6) is 0 Å². The predicted octanol–water partition coefficient (Wildman–Crippen LogP) is 3.04. The van der Waals surface area contributed by atoms with Gasteiger partial charge in [-0.1, -0.05) is 23.2 Å². The van der Waals surface area contributed by atoms with E-state index in [4.69, 9.17) is 23.2 Å². The van der Waals surface area contributed by atoms with Crippen molar-refractivity contribution in [1.82, 2.24) is 14.8 Å². The van der Waals surface area contributed by atoms with Gasteiger partial charge in [-0.3, -0.25) is 4.68 Å². The summed E-state index contributed by atoms with van der Waals surface area (Å²) < 4.78 is 1.83. The van der Waals surface area contributed by atoms with Crippen molar-refractivity contribution in [3.63, 3.8) is 0 Å². The van der Waals surface area contributed by atoms with Crippen molar-refractivity contribution in [2.24, 2.45) is 7.05 Å². The number of hydrogen-bond donors (Lipinski definition) is 1. The molecule has 2 heterocycles. The Bertz CT molecular complexity index is 536. The molecular weight excluding hydrogens is 259 g/mol. The van der Waals surface area contributed by atoms with Crippen LogP contribution in [0.4, 0.5) is 5.82 Å². The molecule has 2 rings (SSSR count). The number of anilines is 1. The lowest BCUT2D eigenvalue weighted by Gasteiger charge is -2.07. The molecule has 17 heavy (non-hydrogen) atoms. The number of rotatable bonds is 3. The van der Waals surface area contributed by atoms with E-state index in [9.17, 15) is 0 Å². The van der Waals surface area contributed by atoms with E-state index in [0.29, 0.717) is 22.4 Å². The van der Waals surface area contributed by atoms with Crippen LogP contribution in [0.25, 0.3) is 0 Å². The van der Waals surface area contributed by atoms with E-state index >= 15 is 0 Å². The first kappa shape index (κ1) is 12.2. The Labute approximate surface area is 110 Å². The van der Waals surface area contributed by atoms with Crippen molar-refractivity contribution in [3.8, 4) is 0 Å². The molecule has 0 unspecified atom stereocenters. The normalized spacial score (nSPS) is 10.6. The molecule has 0 saturated carbocycles. The Balaban J connectivity index is 2.10. The van der Waals surface area contributed by atoms with Gasteiger partial charge in [0.05, 0.1) is 16.2 Å². The summed E-state index contributed by atoms with van der Waals surface area (Å²) in [6, 6.07) is 1.66. The number of aromatic nitrogens is 3. The number of hydrogen-bond acceptors (Lipinski definition) is 3. The SMILES string of the molecule is Cc1c(CNc2ncc(Cl)cc2Cl)cnn1C. The zero-order valence-corrected chi connectivity index (χ0v) is 11.0. The molecule has 4 nitrogen and oxygen atoms in total. The fourth-order valence-corrected chi connectivity index (χ4v) is 1.89. The Morgan fingerprint density at radius 3 is 2.71 bits per heavy atom. The minimum Gasteiger partial charge on any atom is -0.365 e. The van der Waals surface area contributed by atoms with E-state index in [0.717, 1.165) is 11.3 Å². The fourth-order valence-electron chi connectivity index (χ4n) is 1.44. The quantitative estimate of drug-likeness (QED) is 0.933. The summed E-state index contributed by atoms with van der Waals surface area (Å²) in [7, 11) is 1.91. The number of aryl methyl sites for hydroxylation is 1. The van der Waals surface area contributed by atoms with Gasteiger partial charge in [-0.15, -0.1) is 0 Å². The lowest BCUT2D eigenvalue weighted by Crippen LogP contribution is -2.03. The molecule has 2 aromatic heterocycles. The third-order valence-corrected chi connectivity index (χ3v) is 3.09. The highest BCUT2D eigenvalue weighted by molar-refractivity contribution is 6.35. The van der Waals surface area contributed by atoms with Crippen molar-refractivity contribution < 1.29 is 0 Å². The number of nitrogens with one attached hydrogen (secondary N) is 1. The van der Waals surface area contributed by atoms with Crippen LogP contribution in [0.3, 0.4) is 0 Å². The molecule has 6 heteroatoms. The van der Waals surface area contributed by atoms with Crippen molar-refractivity contribution in [3.05, 3.63) is 39.8 Å². The summed E-state index contributed by atoms with van der Waals surface area (Å²) in [6.07, 6.45) is 3.39. The van der Waals surface area contributed by atoms with Gasteiger partial charge in [-0.25, -0.2) is 4.98 Å². The second kappa shape index (κ2) is 4.94. The Hall–Kier alpha value is -1.26. The monoisotopic (exact) mass is 270 g/mol. The lowest BCUT2D eigenvalue weighted by molar-refractivity contribution is 0.738. The van der Waals surface area contributed by atoms with Gasteiger partial charge in [0, 0.05) is 31.0 Å². The molecule has 0 bridgehead atoms. The molecule has 0 radical (unpaired) electrons. The van der Waals surface area contributed by atoms with Crippen molar-refractivity contribution in [2.45, 2.75) is 13.5 Å². The second-order valence-electron chi connectivity index (χ2n) is 3.72. The van der Waals surface area contributed by atoms with E-state index < -0.39 is 0 Å². The Morgan fingerprint density at radius 1 is 1.35 bits per heavy atom. The third kappa shape index (κ3) is 2.70. The largest absolute Gasteiger partial charge is 0.365 e. The summed E-state index contributed by atoms with van der Waals surface area (Å²) in [5, 5.41) is 8.36. The summed E-state index contributed by atoms with van der Waals surface area (Å²) >= 11 is 11.8. The number of nitrogens with zero attached hydrogens (tertiary/aromatic N) is 3. The van der Waals surface area contributed by atoms with Crippen LogP contribution in [-0.4, -0.2) is 14.8 Å². The van der Waals surface area contributed by atoms with Crippen LogP contribution >= 0.6 is 23.2 Å². The molecule has 0 aliphatic rings. The van der Waals surface area contributed by atoms with Crippen LogP contribution in [0, 0.1) is 6.92 Å². The summed E-state index contributed by atoms with van der Waals surface area (Å²) in [4.78, 5) is 4.13. The molecule has 0 aromatic carbocycles. The lowest BCUT2D eigenvalue weighted by atomic mass is 10.2. The topological polar surface area (TPSA) is 42.7 Å². The van der Waals surface area contributed by atoms with E-state index in [1.54, 1.807) is 12.3 Å². The third-order valence-electron chi connectivity index (χ3n) is 2.59. The summed E-state index contributed by atoms with van der Waals surface area (Å²) in [5.41, 5.74) is 2.22. The molecule has 0 saturated heterocycles. The standard InChI is InChI=1S/C11H12Cl2N4/c1-7-8(5-16-17(7)2)4-14-11-10(13)3-9(12)6-15-11/h3,5-6H,4H2,1-2H3,(H,14,15). The van der Waals surface area contributed by atoms with Crippen LogP contribution in [0.15, 0.2) is 18.5 Å². The van der Waals surface area contributed by atoms with Gasteiger partial charge in [0.15, 0.2) is 0 Å². The van der Waals surface area contributed by atoms with Crippen LogP contribution in [-0.2, 0) is 13.6 Å². The van der Waals surface area contributed by atoms with Gasteiger partial charge in [0.2, 0.25) is 0 Å². The fraction of sp³-hybridized carbons (Fsp3) is 0.273. The van der Waals surface area contributed by atoms with E-state index in [2.05, 4.69) is 15.4 Å². The van der Waals surface area contributed by atoms with Crippen molar-refractivity contribution in [2.75, 3.05) is 5.32 Å². The van der Waals surface area contributed by atoms with Gasteiger partial charge in [0.25, 0.3) is 0 Å². The van der Waals surface area contributed by atoms with E-state index in [1.165, 1.54) is 0 Å². The molecule has 1 N–H and O–H groups in total. The number of pyridine rings is 1. The number of halogens is 2. The molecule has 0 aliphatic carbocycles. The van der Waals surface area contributed by atoms with Gasteiger partial charge >= 0.3 is 0 Å². The first-order valence-corrected chi connectivity index (χ1v) is 5.86. The maximum Gasteiger partial charge on any atom is 0.145 e. The maximum absolute atomic E-state index is 6.01. The molecular formula is C11H12Cl2N4. The zero-order chi connectivity index (χ0) is 12.4. The molecule has 0 aliphatic heterocycles. The minimum absolute atomic E-state index is 0.513. The van der Waals surface area contributed by atoms with Gasteiger partial charge in [-0.05, 0) is 13.0 Å². The average molecular weight is 271 g/mol. The first-order chi connectivity index (χ1) is 8.08.